The van der Waals surface area contributed by atoms with Crippen LogP contribution in [0.5, 0.6) is 0 Å². The number of benzene rings is 1. The van der Waals surface area contributed by atoms with Crippen molar-refractivity contribution in [3.05, 3.63) is 28.8 Å². The van der Waals surface area contributed by atoms with E-state index in [4.69, 9.17) is 16.3 Å². The van der Waals surface area contributed by atoms with Crippen LogP contribution in [-0.4, -0.2) is 41.6 Å². The highest BCUT2D eigenvalue weighted by Crippen LogP contribution is 2.33. The molecule has 0 aromatic heterocycles. The molecule has 1 unspecified atom stereocenters. The molecule has 5 heteroatoms. The average Bonchev–Trinajstić information content (AvgIpc) is 2.36. The Labute approximate surface area is 124 Å². The van der Waals surface area contributed by atoms with Gasteiger partial charge in [0.2, 0.25) is 0 Å². The second-order valence-corrected chi connectivity index (χ2v) is 6.36. The minimum Gasteiger partial charge on any atom is -0.394 e. The molecule has 1 aromatic rings. The van der Waals surface area contributed by atoms with Crippen LogP contribution in [0.25, 0.3) is 0 Å². The van der Waals surface area contributed by atoms with E-state index in [-0.39, 0.29) is 18.3 Å². The number of ether oxygens (including phenoxy) is 1. The Bertz CT molecular complexity index is 476. The Kier molecular flexibility index (Phi) is 4.59. The van der Waals surface area contributed by atoms with E-state index in [2.05, 4.69) is 4.90 Å². The molecule has 2 rings (SSSR count). The van der Waals surface area contributed by atoms with Gasteiger partial charge in [-0.15, -0.1) is 0 Å². The van der Waals surface area contributed by atoms with Crippen LogP contribution in [0.2, 0.25) is 5.02 Å². The maximum absolute atomic E-state index is 9.59. The zero-order valence-corrected chi connectivity index (χ0v) is 12.9. The average molecular weight is 300 g/mol. The second-order valence-electron chi connectivity index (χ2n) is 5.95. The Balaban J connectivity index is 2.26. The predicted octanol–water partition coefficient (Wildman–Crippen LogP) is 2.37. The summed E-state index contributed by atoms with van der Waals surface area (Å²) >= 11 is 6.33. The highest BCUT2D eigenvalue weighted by Gasteiger charge is 2.33. The van der Waals surface area contributed by atoms with E-state index in [0.717, 1.165) is 11.3 Å². The highest BCUT2D eigenvalue weighted by molar-refractivity contribution is 6.33. The summed E-state index contributed by atoms with van der Waals surface area (Å²) in [7, 11) is 0. The zero-order valence-electron chi connectivity index (χ0n) is 12.1. The van der Waals surface area contributed by atoms with E-state index in [9.17, 15) is 10.2 Å². The molecule has 0 aliphatic carbocycles. The van der Waals surface area contributed by atoms with Crippen LogP contribution >= 0.6 is 11.6 Å². The van der Waals surface area contributed by atoms with Gasteiger partial charge in [-0.2, -0.15) is 0 Å². The lowest BCUT2D eigenvalue weighted by Gasteiger charge is -2.43. The molecule has 1 heterocycles. The molecule has 2 atom stereocenters. The number of nitrogens with zero attached hydrogens (tertiary/aromatic N) is 1. The van der Waals surface area contributed by atoms with Crippen LogP contribution < -0.4 is 4.90 Å². The molecule has 0 spiro atoms. The largest absolute Gasteiger partial charge is 0.394 e. The molecule has 1 aromatic carbocycles. The molecular formula is C15H22ClNO3. The topological polar surface area (TPSA) is 52.9 Å². The molecule has 0 amide bonds. The minimum absolute atomic E-state index is 0.0106. The van der Waals surface area contributed by atoms with Crippen molar-refractivity contribution in [3.8, 4) is 0 Å². The summed E-state index contributed by atoms with van der Waals surface area (Å²) in [5, 5.41) is 19.6. The van der Waals surface area contributed by atoms with Crippen LogP contribution in [0.3, 0.4) is 0 Å². The third-order valence-corrected chi connectivity index (χ3v) is 3.78. The first-order valence-electron chi connectivity index (χ1n) is 6.83. The van der Waals surface area contributed by atoms with Crippen molar-refractivity contribution in [2.24, 2.45) is 0 Å². The van der Waals surface area contributed by atoms with E-state index < -0.39 is 6.10 Å². The van der Waals surface area contributed by atoms with Crippen molar-refractivity contribution < 1.29 is 14.9 Å². The molecule has 1 saturated heterocycles. The fraction of sp³-hybridized carbons (Fsp3) is 0.600. The van der Waals surface area contributed by atoms with E-state index in [1.807, 2.05) is 26.0 Å². The predicted molar refractivity (Wildman–Crippen MR) is 80.3 cm³/mol. The van der Waals surface area contributed by atoms with Crippen LogP contribution in [0.15, 0.2) is 18.2 Å². The van der Waals surface area contributed by atoms with Crippen molar-refractivity contribution in [2.45, 2.75) is 38.6 Å². The first-order chi connectivity index (χ1) is 9.32. The monoisotopic (exact) mass is 299 g/mol. The van der Waals surface area contributed by atoms with Gasteiger partial charge >= 0.3 is 0 Å². The minimum atomic E-state index is -0.534. The molecular weight excluding hydrogens is 278 g/mol. The summed E-state index contributed by atoms with van der Waals surface area (Å²) in [4.78, 5) is 2.12. The lowest BCUT2D eigenvalue weighted by Crippen LogP contribution is -2.54. The molecule has 2 N–H and O–H groups in total. The number of halogens is 1. The van der Waals surface area contributed by atoms with Gasteiger partial charge in [0, 0.05) is 13.1 Å². The van der Waals surface area contributed by atoms with Crippen molar-refractivity contribution in [1.29, 1.82) is 0 Å². The lowest BCUT2D eigenvalue weighted by atomic mass is 10.0. The smallest absolute Gasteiger partial charge is 0.0988 e. The van der Waals surface area contributed by atoms with Gasteiger partial charge in [0.15, 0.2) is 0 Å². The number of hydrogen-bond donors (Lipinski definition) is 2. The molecule has 0 radical (unpaired) electrons. The first kappa shape index (κ1) is 15.6. The second kappa shape index (κ2) is 5.90. The third kappa shape index (κ3) is 3.44. The van der Waals surface area contributed by atoms with Gasteiger partial charge in [-0.25, -0.2) is 0 Å². The van der Waals surface area contributed by atoms with E-state index in [1.165, 1.54) is 0 Å². The van der Waals surface area contributed by atoms with Crippen molar-refractivity contribution >= 4 is 17.3 Å². The van der Waals surface area contributed by atoms with Crippen LogP contribution in [-0.2, 0) is 4.74 Å². The summed E-state index contributed by atoms with van der Waals surface area (Å²) in [6.45, 7) is 7.01. The van der Waals surface area contributed by atoms with Gasteiger partial charge in [0.1, 0.15) is 0 Å². The van der Waals surface area contributed by atoms with Crippen molar-refractivity contribution in [1.82, 2.24) is 0 Å². The number of anilines is 1. The quantitative estimate of drug-likeness (QED) is 0.900. The van der Waals surface area contributed by atoms with Crippen molar-refractivity contribution in [3.63, 3.8) is 0 Å². The summed E-state index contributed by atoms with van der Waals surface area (Å²) in [6, 6.07) is 5.58. The molecule has 0 saturated carbocycles. The first-order valence-corrected chi connectivity index (χ1v) is 7.21. The Morgan fingerprint density at radius 3 is 2.75 bits per heavy atom. The molecule has 112 valence electrons. The van der Waals surface area contributed by atoms with E-state index in [1.54, 1.807) is 13.0 Å². The molecule has 4 nitrogen and oxygen atoms in total. The standard InChI is InChI=1S/C15H22ClNO3/c1-10(19)11-4-5-14(13(16)6-11)17-7-12(8-18)20-15(2,3)9-17/h4-6,10,12,18-19H,7-9H2,1-3H3/t10-,12?/m1/s1. The van der Waals surface area contributed by atoms with Gasteiger partial charge < -0.3 is 19.8 Å². The lowest BCUT2D eigenvalue weighted by molar-refractivity contribution is -0.101. The SMILES string of the molecule is C[C@@H](O)c1ccc(N2CC(CO)OC(C)(C)C2)c(Cl)c1. The number of aliphatic hydroxyl groups excluding tert-OH is 2. The van der Waals surface area contributed by atoms with Crippen LogP contribution in [0.4, 0.5) is 5.69 Å². The van der Waals surface area contributed by atoms with Gasteiger partial charge in [0.25, 0.3) is 0 Å². The summed E-state index contributed by atoms with van der Waals surface area (Å²) in [5.74, 6) is 0. The zero-order chi connectivity index (χ0) is 14.9. The highest BCUT2D eigenvalue weighted by atomic mass is 35.5. The summed E-state index contributed by atoms with van der Waals surface area (Å²) in [5.41, 5.74) is 1.37. The molecule has 1 fully saturated rings. The summed E-state index contributed by atoms with van der Waals surface area (Å²) < 4.78 is 5.80. The van der Waals surface area contributed by atoms with Gasteiger partial charge in [-0.05, 0) is 38.5 Å². The molecule has 20 heavy (non-hydrogen) atoms. The maximum Gasteiger partial charge on any atom is 0.0988 e. The molecule has 0 bridgehead atoms. The normalized spacial score (nSPS) is 23.7. The van der Waals surface area contributed by atoms with Crippen LogP contribution in [0, 0.1) is 0 Å². The fourth-order valence-corrected chi connectivity index (χ4v) is 2.92. The van der Waals surface area contributed by atoms with Crippen LogP contribution in [0.1, 0.15) is 32.4 Å². The summed E-state index contributed by atoms with van der Waals surface area (Å²) in [6.07, 6.45) is -0.751. The van der Waals surface area contributed by atoms with Gasteiger partial charge in [0.05, 0.1) is 35.1 Å². The molecule has 1 aliphatic heterocycles. The number of rotatable bonds is 3. The van der Waals surface area contributed by atoms with Gasteiger partial charge in [-0.1, -0.05) is 17.7 Å². The Morgan fingerprint density at radius 2 is 2.20 bits per heavy atom. The maximum atomic E-state index is 9.59. The van der Waals surface area contributed by atoms with Crippen molar-refractivity contribution in [2.75, 3.05) is 24.6 Å². The third-order valence-electron chi connectivity index (χ3n) is 3.48. The van der Waals surface area contributed by atoms with E-state index >= 15 is 0 Å². The number of hydrogen-bond acceptors (Lipinski definition) is 4. The Hall–Kier alpha value is -0.810. The number of morpholine rings is 1. The number of aliphatic hydroxyl groups is 2. The fourth-order valence-electron chi connectivity index (χ4n) is 2.61. The molecule has 1 aliphatic rings. The van der Waals surface area contributed by atoms with E-state index in [0.29, 0.717) is 18.1 Å². The Morgan fingerprint density at radius 1 is 1.50 bits per heavy atom. The van der Waals surface area contributed by atoms with Gasteiger partial charge in [-0.3, -0.25) is 0 Å².